The highest BCUT2D eigenvalue weighted by atomic mass is 32.2. The van der Waals surface area contributed by atoms with Crippen LogP contribution < -0.4 is 10.1 Å². The first-order valence-electron chi connectivity index (χ1n) is 10.1. The number of thioether (sulfide) groups is 1. The van der Waals surface area contributed by atoms with Gasteiger partial charge in [-0.1, -0.05) is 60.7 Å². The van der Waals surface area contributed by atoms with E-state index in [2.05, 4.69) is 10.1 Å². The van der Waals surface area contributed by atoms with Crippen molar-refractivity contribution in [3.8, 4) is 5.75 Å². The van der Waals surface area contributed by atoms with Gasteiger partial charge in [0, 0.05) is 11.5 Å². The predicted octanol–water partition coefficient (Wildman–Crippen LogP) is 5.52. The molecule has 3 aromatic rings. The molecule has 0 bridgehead atoms. The average Bonchev–Trinajstić information content (AvgIpc) is 2.88. The van der Waals surface area contributed by atoms with Crippen LogP contribution in [-0.4, -0.2) is 23.9 Å². The van der Waals surface area contributed by atoms with E-state index in [1.54, 1.807) is 42.5 Å². The lowest BCUT2D eigenvalue weighted by Crippen LogP contribution is -2.45. The molecule has 0 unspecified atom stereocenters. The summed E-state index contributed by atoms with van der Waals surface area (Å²) < 4.78 is 77.7. The first-order chi connectivity index (χ1) is 16.8. The van der Waals surface area contributed by atoms with Gasteiger partial charge in [0.1, 0.15) is 12.6 Å². The van der Waals surface area contributed by atoms with Crippen LogP contribution in [0.1, 0.15) is 11.1 Å². The van der Waals surface area contributed by atoms with Crippen LogP contribution in [0.3, 0.4) is 0 Å². The maximum absolute atomic E-state index is 14.0. The maximum atomic E-state index is 14.0. The second-order valence-electron chi connectivity index (χ2n) is 7.08. The fourth-order valence-corrected chi connectivity index (χ4v) is 3.79. The normalized spacial score (nSPS) is 11.6. The zero-order valence-electron chi connectivity index (χ0n) is 17.9. The molecule has 0 saturated carbocycles. The highest BCUT2D eigenvalue weighted by molar-refractivity contribution is 7.98. The number of halogens is 5. The van der Waals surface area contributed by atoms with Crippen LogP contribution in [0.25, 0.3) is 0 Å². The number of rotatable bonds is 9. The molecule has 0 radical (unpaired) electrons. The number of hydrogen-bond acceptors (Lipinski definition) is 5. The van der Waals surface area contributed by atoms with E-state index >= 15 is 0 Å². The fourth-order valence-electron chi connectivity index (χ4n) is 2.79. The molecular formula is C24H18F5NO4S. The molecule has 3 aromatic carbocycles. The number of nitrogens with one attached hydrogen (secondary N) is 1. The van der Waals surface area contributed by atoms with Gasteiger partial charge in [-0.3, -0.25) is 0 Å². The van der Waals surface area contributed by atoms with Crippen LogP contribution in [-0.2, 0) is 21.9 Å². The fraction of sp³-hybridized carbons (Fsp3) is 0.167. The van der Waals surface area contributed by atoms with Crippen molar-refractivity contribution in [2.24, 2.45) is 0 Å². The number of alkyl carbamates (subject to hydrolysis) is 1. The maximum Gasteiger partial charge on any atom is 0.408 e. The molecule has 0 aliphatic rings. The number of ether oxygens (including phenoxy) is 2. The number of hydrogen-bond donors (Lipinski definition) is 1. The van der Waals surface area contributed by atoms with Gasteiger partial charge in [0.2, 0.25) is 34.8 Å². The van der Waals surface area contributed by atoms with Crippen molar-refractivity contribution in [1.29, 1.82) is 0 Å². The molecule has 0 saturated heterocycles. The molecule has 5 nitrogen and oxygen atoms in total. The molecule has 3 rings (SSSR count). The zero-order valence-corrected chi connectivity index (χ0v) is 18.7. The van der Waals surface area contributed by atoms with Crippen LogP contribution in [0.5, 0.6) is 5.75 Å². The van der Waals surface area contributed by atoms with Gasteiger partial charge in [-0.05, 0) is 11.1 Å². The molecule has 0 aliphatic carbocycles. The van der Waals surface area contributed by atoms with E-state index < -0.39 is 52.9 Å². The summed E-state index contributed by atoms with van der Waals surface area (Å²) in [5, 5.41) is 2.21. The number of carbonyl (C=O) groups excluding carboxylic acids is 2. The minimum atomic E-state index is -2.39. The Bertz CT molecular complexity index is 1150. The van der Waals surface area contributed by atoms with Crippen molar-refractivity contribution in [2.45, 2.75) is 18.4 Å². The zero-order chi connectivity index (χ0) is 25.4. The molecule has 1 N–H and O–H groups in total. The van der Waals surface area contributed by atoms with E-state index in [0.29, 0.717) is 11.3 Å². The van der Waals surface area contributed by atoms with Gasteiger partial charge in [0.25, 0.3) is 0 Å². The third-order valence-corrected chi connectivity index (χ3v) is 5.66. The van der Waals surface area contributed by atoms with Crippen LogP contribution in [0.15, 0.2) is 60.7 Å². The largest absolute Gasteiger partial charge is 0.445 e. The van der Waals surface area contributed by atoms with Crippen molar-refractivity contribution < 1.29 is 41.0 Å². The number of carbonyl (C=O) groups is 2. The molecule has 1 amide bonds. The van der Waals surface area contributed by atoms with Crippen LogP contribution >= 0.6 is 11.8 Å². The second kappa shape index (κ2) is 12.2. The summed E-state index contributed by atoms with van der Waals surface area (Å²) in [6.07, 6.45) is -1.05. The van der Waals surface area contributed by atoms with Crippen molar-refractivity contribution in [2.75, 3.05) is 5.75 Å². The predicted molar refractivity (Wildman–Crippen MR) is 118 cm³/mol. The van der Waals surface area contributed by atoms with Crippen LogP contribution in [0.4, 0.5) is 26.7 Å². The van der Waals surface area contributed by atoms with E-state index in [4.69, 9.17) is 4.74 Å². The summed E-state index contributed by atoms with van der Waals surface area (Å²) in [7, 11) is 0. The molecule has 0 fully saturated rings. The molecular weight excluding hydrogens is 493 g/mol. The molecule has 11 heteroatoms. The summed E-state index contributed by atoms with van der Waals surface area (Å²) >= 11 is 1.16. The SMILES string of the molecule is O=C(N[C@H](CSCc1ccccc1)C(=O)Oc1c(F)c(F)c(F)c(F)c1F)OCc1ccccc1. The standard InChI is InChI=1S/C24H18F5NO4S/c25-17-18(26)20(28)22(21(29)19(17)27)34-23(31)16(13-35-12-15-9-5-2-6-10-15)30-24(32)33-11-14-7-3-1-4-8-14/h1-10,16H,11-13H2,(H,30,32)/t16-/m1/s1. The van der Waals surface area contributed by atoms with Gasteiger partial charge in [0.15, 0.2) is 0 Å². The monoisotopic (exact) mass is 511 g/mol. The van der Waals surface area contributed by atoms with E-state index in [0.717, 1.165) is 17.3 Å². The first kappa shape index (κ1) is 26.0. The average molecular weight is 511 g/mol. The Kier molecular flexibility index (Phi) is 9.07. The minimum absolute atomic E-state index is 0.136. The Morgan fingerprint density at radius 1 is 0.771 bits per heavy atom. The Morgan fingerprint density at radius 2 is 1.29 bits per heavy atom. The van der Waals surface area contributed by atoms with Crippen molar-refractivity contribution >= 4 is 23.8 Å². The van der Waals surface area contributed by atoms with Crippen molar-refractivity contribution in [3.05, 3.63) is 101 Å². The molecule has 1 atom stereocenters. The highest BCUT2D eigenvalue weighted by Crippen LogP contribution is 2.29. The summed E-state index contributed by atoms with van der Waals surface area (Å²) in [6.45, 7) is -0.136. The van der Waals surface area contributed by atoms with Gasteiger partial charge in [-0.15, -0.1) is 0 Å². The Labute approximate surface area is 201 Å². The first-order valence-corrected chi connectivity index (χ1v) is 11.3. The Morgan fingerprint density at radius 3 is 1.86 bits per heavy atom. The lowest BCUT2D eigenvalue weighted by molar-refractivity contribution is -0.136. The van der Waals surface area contributed by atoms with Crippen LogP contribution in [0.2, 0.25) is 0 Å². The van der Waals surface area contributed by atoms with Gasteiger partial charge in [-0.2, -0.15) is 20.5 Å². The summed E-state index contributed by atoms with van der Waals surface area (Å²) in [5.74, 6) is -14.5. The Hall–Kier alpha value is -3.60. The summed E-state index contributed by atoms with van der Waals surface area (Å²) in [5.41, 5.74) is 1.54. The second-order valence-corrected chi connectivity index (χ2v) is 8.11. The molecule has 35 heavy (non-hydrogen) atoms. The summed E-state index contributed by atoms with van der Waals surface area (Å²) in [6, 6.07) is 16.1. The van der Waals surface area contributed by atoms with Gasteiger partial charge < -0.3 is 14.8 Å². The van der Waals surface area contributed by atoms with E-state index in [9.17, 15) is 31.5 Å². The lowest BCUT2D eigenvalue weighted by Gasteiger charge is -2.18. The minimum Gasteiger partial charge on any atom is -0.445 e. The lowest BCUT2D eigenvalue weighted by atomic mass is 10.2. The van der Waals surface area contributed by atoms with E-state index in [-0.39, 0.29) is 12.4 Å². The Balaban J connectivity index is 1.72. The van der Waals surface area contributed by atoms with Gasteiger partial charge in [0.05, 0.1) is 0 Å². The molecule has 0 spiro atoms. The van der Waals surface area contributed by atoms with Crippen LogP contribution in [0, 0.1) is 29.1 Å². The molecule has 0 aromatic heterocycles. The topological polar surface area (TPSA) is 64.6 Å². The smallest absolute Gasteiger partial charge is 0.408 e. The summed E-state index contributed by atoms with van der Waals surface area (Å²) in [4.78, 5) is 24.8. The van der Waals surface area contributed by atoms with E-state index in [1.807, 2.05) is 18.2 Å². The van der Waals surface area contributed by atoms with E-state index in [1.165, 1.54) is 0 Å². The number of benzene rings is 3. The number of esters is 1. The van der Waals surface area contributed by atoms with Crippen molar-refractivity contribution in [1.82, 2.24) is 5.32 Å². The third-order valence-electron chi connectivity index (χ3n) is 4.56. The van der Waals surface area contributed by atoms with Gasteiger partial charge >= 0.3 is 12.1 Å². The van der Waals surface area contributed by atoms with Gasteiger partial charge in [-0.25, -0.2) is 22.8 Å². The molecule has 0 heterocycles. The van der Waals surface area contributed by atoms with Crippen molar-refractivity contribution in [3.63, 3.8) is 0 Å². The quantitative estimate of drug-likeness (QED) is 0.135. The third kappa shape index (κ3) is 6.95. The number of amides is 1. The molecule has 0 aliphatic heterocycles. The highest BCUT2D eigenvalue weighted by Gasteiger charge is 2.31. The molecule has 184 valence electrons.